The van der Waals surface area contributed by atoms with E-state index in [1.54, 1.807) is 13.0 Å². The van der Waals surface area contributed by atoms with Gasteiger partial charge < -0.3 is 15.3 Å². The molecule has 0 heterocycles. The Balaban J connectivity index is 2.73. The van der Waals surface area contributed by atoms with Crippen molar-refractivity contribution in [2.45, 2.75) is 25.5 Å². The molecule has 0 amide bonds. The molecule has 2 unspecified atom stereocenters. The Morgan fingerprint density at radius 1 is 1.25 bits per heavy atom. The Labute approximate surface area is 135 Å². The number of aliphatic hydroxyl groups is 1. The van der Waals surface area contributed by atoms with E-state index >= 15 is 0 Å². The van der Waals surface area contributed by atoms with Crippen molar-refractivity contribution in [3.05, 3.63) is 32.8 Å². The fourth-order valence-corrected chi connectivity index (χ4v) is 2.80. The molecular weight excluding hydrogens is 319 g/mol. The quantitative estimate of drug-likeness (QED) is 0.777. The van der Waals surface area contributed by atoms with E-state index in [9.17, 15) is 5.11 Å². The Morgan fingerprint density at radius 3 is 2.40 bits per heavy atom. The van der Waals surface area contributed by atoms with Crippen LogP contribution in [0, 0.1) is 0 Å². The molecule has 20 heavy (non-hydrogen) atoms. The summed E-state index contributed by atoms with van der Waals surface area (Å²) >= 11 is 18.2. The molecule has 0 aliphatic heterocycles. The van der Waals surface area contributed by atoms with Crippen LogP contribution in [0.2, 0.25) is 15.1 Å². The first-order valence-electron chi connectivity index (χ1n) is 6.38. The third kappa shape index (κ3) is 5.06. The first kappa shape index (κ1) is 18.0. The molecule has 0 aromatic heterocycles. The van der Waals surface area contributed by atoms with Gasteiger partial charge in [0, 0.05) is 19.1 Å². The highest BCUT2D eigenvalue weighted by Crippen LogP contribution is 2.35. The molecule has 0 aliphatic carbocycles. The van der Waals surface area contributed by atoms with Crippen molar-refractivity contribution in [2.24, 2.45) is 0 Å². The van der Waals surface area contributed by atoms with E-state index < -0.39 is 5.60 Å². The maximum absolute atomic E-state index is 10.3. The van der Waals surface area contributed by atoms with Crippen molar-refractivity contribution in [1.82, 2.24) is 10.2 Å². The highest BCUT2D eigenvalue weighted by atomic mass is 35.5. The third-order valence-corrected chi connectivity index (χ3v) is 4.29. The molecule has 1 aromatic carbocycles. The lowest BCUT2D eigenvalue weighted by atomic mass is 10.0. The average molecular weight is 340 g/mol. The molecule has 2 N–H and O–H groups in total. The average Bonchev–Trinajstić information content (AvgIpc) is 2.32. The summed E-state index contributed by atoms with van der Waals surface area (Å²) in [6.07, 6.45) is 0. The molecule has 2 atom stereocenters. The molecule has 0 fully saturated rings. The van der Waals surface area contributed by atoms with E-state index in [4.69, 9.17) is 34.8 Å². The molecule has 0 bridgehead atoms. The fraction of sp³-hybridized carbons (Fsp3) is 0.571. The highest BCUT2D eigenvalue weighted by molar-refractivity contribution is 6.48. The minimum absolute atomic E-state index is 0.0362. The maximum Gasteiger partial charge on any atom is 0.0869 e. The summed E-state index contributed by atoms with van der Waals surface area (Å²) in [7, 11) is 3.85. The van der Waals surface area contributed by atoms with Crippen molar-refractivity contribution in [3.8, 4) is 0 Å². The van der Waals surface area contributed by atoms with Gasteiger partial charge in [-0.05, 0) is 39.6 Å². The monoisotopic (exact) mass is 338 g/mol. The Morgan fingerprint density at radius 2 is 1.85 bits per heavy atom. The zero-order chi connectivity index (χ0) is 15.5. The van der Waals surface area contributed by atoms with Crippen LogP contribution in [0.3, 0.4) is 0 Å². The van der Waals surface area contributed by atoms with E-state index in [2.05, 4.69) is 5.32 Å². The fourth-order valence-electron chi connectivity index (χ4n) is 2.10. The third-order valence-electron chi connectivity index (χ3n) is 2.98. The minimum Gasteiger partial charge on any atom is -0.388 e. The van der Waals surface area contributed by atoms with Crippen molar-refractivity contribution >= 4 is 34.8 Å². The van der Waals surface area contributed by atoms with Crippen LogP contribution in [0.1, 0.15) is 25.5 Å². The summed E-state index contributed by atoms with van der Waals surface area (Å²) in [5.41, 5.74) is 0.0437. The zero-order valence-electron chi connectivity index (χ0n) is 12.2. The Bertz CT molecular complexity index is 464. The van der Waals surface area contributed by atoms with E-state index in [-0.39, 0.29) is 6.04 Å². The Hall–Kier alpha value is -0.0300. The largest absolute Gasteiger partial charge is 0.388 e. The van der Waals surface area contributed by atoms with Crippen molar-refractivity contribution in [3.63, 3.8) is 0 Å². The topological polar surface area (TPSA) is 35.5 Å². The highest BCUT2D eigenvalue weighted by Gasteiger charge is 2.23. The van der Waals surface area contributed by atoms with Gasteiger partial charge in [0.1, 0.15) is 0 Å². The van der Waals surface area contributed by atoms with Crippen LogP contribution in [-0.4, -0.2) is 42.8 Å². The number of benzene rings is 1. The zero-order valence-corrected chi connectivity index (χ0v) is 14.4. The van der Waals surface area contributed by atoms with Gasteiger partial charge in [-0.2, -0.15) is 0 Å². The van der Waals surface area contributed by atoms with Gasteiger partial charge in [0.25, 0.3) is 0 Å². The van der Waals surface area contributed by atoms with Gasteiger partial charge in [-0.15, -0.1) is 0 Å². The van der Waals surface area contributed by atoms with Gasteiger partial charge in [-0.3, -0.25) is 0 Å². The number of nitrogens with zero attached hydrogens (tertiary/aromatic N) is 1. The summed E-state index contributed by atoms with van der Waals surface area (Å²) in [4.78, 5) is 1.94. The summed E-state index contributed by atoms with van der Waals surface area (Å²) in [6.45, 7) is 4.78. The summed E-state index contributed by atoms with van der Waals surface area (Å²) in [5, 5.41) is 14.8. The van der Waals surface area contributed by atoms with Crippen LogP contribution >= 0.6 is 34.8 Å². The number of nitrogens with one attached hydrogen (secondary N) is 1. The van der Waals surface area contributed by atoms with E-state index in [0.717, 1.165) is 5.56 Å². The van der Waals surface area contributed by atoms with Crippen LogP contribution in [0.25, 0.3) is 0 Å². The second kappa shape index (κ2) is 7.30. The lowest BCUT2D eigenvalue weighted by molar-refractivity contribution is 0.0317. The van der Waals surface area contributed by atoms with Crippen LogP contribution < -0.4 is 5.32 Å². The number of hydrogen-bond donors (Lipinski definition) is 2. The molecule has 114 valence electrons. The first-order valence-corrected chi connectivity index (χ1v) is 7.51. The van der Waals surface area contributed by atoms with Gasteiger partial charge >= 0.3 is 0 Å². The molecule has 0 radical (unpaired) electrons. The van der Waals surface area contributed by atoms with Gasteiger partial charge in [-0.25, -0.2) is 0 Å². The standard InChI is InChI=1S/C14H21Cl3N2O/c1-9(18-7-14(2,20)8-19(3)4)10-5-6-11(15)13(17)12(10)16/h5-6,9,18,20H,7-8H2,1-4H3. The normalized spacial score (nSPS) is 16.2. The summed E-state index contributed by atoms with van der Waals surface area (Å²) in [6, 6.07) is 3.53. The molecule has 0 spiro atoms. The SMILES string of the molecule is CC(NCC(C)(O)CN(C)C)c1ccc(Cl)c(Cl)c1Cl. The van der Waals surface area contributed by atoms with Crippen molar-refractivity contribution < 1.29 is 5.11 Å². The smallest absolute Gasteiger partial charge is 0.0869 e. The predicted octanol–water partition coefficient (Wildman–Crippen LogP) is 3.61. The summed E-state index contributed by atoms with van der Waals surface area (Å²) in [5.74, 6) is 0. The van der Waals surface area contributed by atoms with Crippen LogP contribution in [-0.2, 0) is 0 Å². The van der Waals surface area contributed by atoms with Gasteiger partial charge in [-0.1, -0.05) is 40.9 Å². The number of rotatable bonds is 6. The van der Waals surface area contributed by atoms with E-state index in [1.165, 1.54) is 0 Å². The Kier molecular flexibility index (Phi) is 6.58. The molecular formula is C14H21Cl3N2O. The second-order valence-corrected chi connectivity index (χ2v) is 6.77. The molecule has 1 rings (SSSR count). The molecule has 3 nitrogen and oxygen atoms in total. The molecule has 0 saturated heterocycles. The number of halogens is 3. The van der Waals surface area contributed by atoms with Gasteiger partial charge in [0.2, 0.25) is 0 Å². The number of hydrogen-bond acceptors (Lipinski definition) is 3. The van der Waals surface area contributed by atoms with Crippen LogP contribution in [0.15, 0.2) is 12.1 Å². The van der Waals surface area contributed by atoms with Crippen LogP contribution in [0.4, 0.5) is 0 Å². The molecule has 0 aliphatic rings. The maximum atomic E-state index is 10.3. The van der Waals surface area contributed by atoms with E-state index in [0.29, 0.717) is 28.2 Å². The second-order valence-electron chi connectivity index (χ2n) is 5.60. The molecule has 6 heteroatoms. The van der Waals surface area contributed by atoms with Gasteiger partial charge in [0.05, 0.1) is 20.7 Å². The molecule has 1 aromatic rings. The van der Waals surface area contributed by atoms with Crippen LogP contribution in [0.5, 0.6) is 0 Å². The molecule has 0 saturated carbocycles. The lowest BCUT2D eigenvalue weighted by Gasteiger charge is -2.29. The predicted molar refractivity (Wildman–Crippen MR) is 87.1 cm³/mol. The summed E-state index contributed by atoms with van der Waals surface area (Å²) < 4.78 is 0. The van der Waals surface area contributed by atoms with E-state index in [1.807, 2.05) is 32.0 Å². The van der Waals surface area contributed by atoms with Crippen molar-refractivity contribution in [1.29, 1.82) is 0 Å². The van der Waals surface area contributed by atoms with Crippen molar-refractivity contribution in [2.75, 3.05) is 27.2 Å². The minimum atomic E-state index is -0.819. The number of likely N-dealkylation sites (N-methyl/N-ethyl adjacent to an activating group) is 1. The van der Waals surface area contributed by atoms with Gasteiger partial charge in [0.15, 0.2) is 0 Å². The lowest BCUT2D eigenvalue weighted by Crippen LogP contribution is -2.46. The first-order chi connectivity index (χ1) is 9.14.